The van der Waals surface area contributed by atoms with E-state index in [1.165, 1.54) is 6.92 Å². The molecule has 0 radical (unpaired) electrons. The van der Waals surface area contributed by atoms with Crippen molar-refractivity contribution >= 4 is 11.8 Å². The van der Waals surface area contributed by atoms with Crippen LogP contribution in [0.25, 0.3) is 0 Å². The van der Waals surface area contributed by atoms with E-state index in [9.17, 15) is 9.59 Å². The van der Waals surface area contributed by atoms with Gasteiger partial charge in [0.1, 0.15) is 6.04 Å². The summed E-state index contributed by atoms with van der Waals surface area (Å²) in [6, 6.07) is -0.487. The van der Waals surface area contributed by atoms with E-state index in [0.29, 0.717) is 37.0 Å². The summed E-state index contributed by atoms with van der Waals surface area (Å²) in [6.07, 6.45) is 1.14. The molecule has 1 heterocycles. The van der Waals surface area contributed by atoms with Crippen molar-refractivity contribution in [3.63, 3.8) is 0 Å². The largest absolute Gasteiger partial charge is 0.345 e. The number of hydrogen-bond acceptors (Lipinski definition) is 5. The van der Waals surface area contributed by atoms with Gasteiger partial charge < -0.3 is 14.7 Å². The van der Waals surface area contributed by atoms with E-state index in [1.54, 1.807) is 18.9 Å². The van der Waals surface area contributed by atoms with Gasteiger partial charge in [0.25, 0.3) is 0 Å². The van der Waals surface area contributed by atoms with Crippen LogP contribution in [0.2, 0.25) is 0 Å². The third-order valence-electron chi connectivity index (χ3n) is 3.00. The molecule has 1 aromatic heterocycles. The number of nitrogens with one attached hydrogen (secondary N) is 1. The molecule has 1 aromatic rings. The first kappa shape index (κ1) is 17.1. The van der Waals surface area contributed by atoms with E-state index in [1.807, 2.05) is 13.8 Å². The van der Waals surface area contributed by atoms with E-state index in [0.717, 1.165) is 0 Å². The molecule has 0 saturated heterocycles. The van der Waals surface area contributed by atoms with Crippen molar-refractivity contribution in [1.82, 2.24) is 20.4 Å². The topological polar surface area (TPSA) is 88.3 Å². The zero-order valence-corrected chi connectivity index (χ0v) is 13.3. The highest BCUT2D eigenvalue weighted by atomic mass is 16.5. The Morgan fingerprint density at radius 1 is 1.38 bits per heavy atom. The van der Waals surface area contributed by atoms with Crippen molar-refractivity contribution in [2.24, 2.45) is 5.92 Å². The predicted molar refractivity (Wildman–Crippen MR) is 77.4 cm³/mol. The fourth-order valence-corrected chi connectivity index (χ4v) is 2.03. The Kier molecular flexibility index (Phi) is 6.33. The smallest absolute Gasteiger partial charge is 0.244 e. The van der Waals surface area contributed by atoms with E-state index in [-0.39, 0.29) is 11.8 Å². The fraction of sp³-hybridized carbons (Fsp3) is 0.714. The molecule has 0 aliphatic heterocycles. The van der Waals surface area contributed by atoms with Gasteiger partial charge in [-0.2, -0.15) is 4.98 Å². The molecule has 118 valence electrons. The number of amides is 2. The molecular formula is C14H24N4O3. The first-order valence-corrected chi connectivity index (χ1v) is 7.10. The maximum Gasteiger partial charge on any atom is 0.244 e. The van der Waals surface area contributed by atoms with Gasteiger partial charge in [-0.1, -0.05) is 19.0 Å². The molecule has 0 bridgehead atoms. The van der Waals surface area contributed by atoms with Crippen LogP contribution < -0.4 is 5.32 Å². The molecule has 0 aliphatic rings. The molecule has 0 fully saturated rings. The Hall–Kier alpha value is -1.92. The number of nitrogens with zero attached hydrogens (tertiary/aromatic N) is 3. The van der Waals surface area contributed by atoms with Crippen molar-refractivity contribution in [2.45, 2.75) is 46.6 Å². The molecule has 2 amide bonds. The standard InChI is InChI=1S/C14H24N4O3/c1-9(2)8-12(15-10(3)19)14(20)18(5)7-6-13-16-11(4)21-17-13/h9,12H,6-8H2,1-5H3,(H,15,19)/t12-/m0/s1. The van der Waals surface area contributed by atoms with E-state index in [4.69, 9.17) is 4.52 Å². The number of aryl methyl sites for hydroxylation is 1. The molecule has 1 atom stereocenters. The number of likely N-dealkylation sites (N-methyl/N-ethyl adjacent to an activating group) is 1. The van der Waals surface area contributed by atoms with E-state index in [2.05, 4.69) is 15.5 Å². The van der Waals surface area contributed by atoms with Crippen LogP contribution in [-0.4, -0.2) is 46.5 Å². The van der Waals surface area contributed by atoms with Gasteiger partial charge >= 0.3 is 0 Å². The molecule has 0 aromatic carbocycles. The van der Waals surface area contributed by atoms with Gasteiger partial charge in [-0.25, -0.2) is 0 Å². The lowest BCUT2D eigenvalue weighted by atomic mass is 10.0. The lowest BCUT2D eigenvalue weighted by molar-refractivity contribution is -0.135. The summed E-state index contributed by atoms with van der Waals surface area (Å²) in [6.45, 7) is 7.66. The van der Waals surface area contributed by atoms with E-state index >= 15 is 0 Å². The van der Waals surface area contributed by atoms with Gasteiger partial charge in [-0.15, -0.1) is 0 Å². The Labute approximate surface area is 125 Å². The fourth-order valence-electron chi connectivity index (χ4n) is 2.03. The molecular weight excluding hydrogens is 272 g/mol. The Morgan fingerprint density at radius 2 is 2.05 bits per heavy atom. The number of carbonyl (C=O) groups excluding carboxylic acids is 2. The summed E-state index contributed by atoms with van der Waals surface area (Å²) in [5.41, 5.74) is 0. The summed E-state index contributed by atoms with van der Waals surface area (Å²) < 4.78 is 4.89. The van der Waals surface area contributed by atoms with Crippen LogP contribution >= 0.6 is 0 Å². The van der Waals surface area contributed by atoms with Crippen LogP contribution in [-0.2, 0) is 16.0 Å². The highest BCUT2D eigenvalue weighted by Crippen LogP contribution is 2.08. The van der Waals surface area contributed by atoms with Gasteiger partial charge in [0.2, 0.25) is 17.7 Å². The molecule has 0 spiro atoms. The van der Waals surface area contributed by atoms with Crippen LogP contribution in [0.4, 0.5) is 0 Å². The summed E-state index contributed by atoms with van der Waals surface area (Å²) >= 11 is 0. The SMILES string of the molecule is CC(=O)N[C@@H](CC(C)C)C(=O)N(C)CCc1noc(C)n1. The summed E-state index contributed by atoms with van der Waals surface area (Å²) in [5.74, 6) is 1.11. The van der Waals surface area contributed by atoms with Crippen LogP contribution in [0.15, 0.2) is 4.52 Å². The zero-order valence-electron chi connectivity index (χ0n) is 13.3. The van der Waals surface area contributed by atoms with Crippen molar-refractivity contribution in [1.29, 1.82) is 0 Å². The minimum atomic E-state index is -0.487. The Balaban J connectivity index is 2.57. The third-order valence-corrected chi connectivity index (χ3v) is 3.00. The summed E-state index contributed by atoms with van der Waals surface area (Å²) in [4.78, 5) is 29.3. The molecule has 7 nitrogen and oxygen atoms in total. The highest BCUT2D eigenvalue weighted by Gasteiger charge is 2.24. The lowest BCUT2D eigenvalue weighted by Gasteiger charge is -2.25. The normalized spacial score (nSPS) is 12.3. The molecule has 1 N–H and O–H groups in total. The second-order valence-corrected chi connectivity index (χ2v) is 5.62. The van der Waals surface area contributed by atoms with Gasteiger partial charge in [0.15, 0.2) is 5.82 Å². The average Bonchev–Trinajstić information content (AvgIpc) is 2.79. The van der Waals surface area contributed by atoms with Gasteiger partial charge in [-0.05, 0) is 12.3 Å². The summed E-state index contributed by atoms with van der Waals surface area (Å²) in [7, 11) is 1.71. The van der Waals surface area contributed by atoms with Crippen LogP contribution in [0.3, 0.4) is 0 Å². The molecule has 0 aliphatic carbocycles. The highest BCUT2D eigenvalue weighted by molar-refractivity contribution is 5.86. The van der Waals surface area contributed by atoms with Crippen molar-refractivity contribution in [3.8, 4) is 0 Å². The van der Waals surface area contributed by atoms with Crippen LogP contribution in [0.1, 0.15) is 38.9 Å². The second kappa shape index (κ2) is 7.75. The molecule has 21 heavy (non-hydrogen) atoms. The van der Waals surface area contributed by atoms with E-state index < -0.39 is 6.04 Å². The number of aromatic nitrogens is 2. The maximum atomic E-state index is 12.4. The first-order chi connectivity index (χ1) is 9.79. The lowest BCUT2D eigenvalue weighted by Crippen LogP contribution is -2.47. The molecule has 0 unspecified atom stereocenters. The Bertz CT molecular complexity index is 484. The second-order valence-electron chi connectivity index (χ2n) is 5.62. The monoisotopic (exact) mass is 296 g/mol. The van der Waals surface area contributed by atoms with Crippen molar-refractivity contribution < 1.29 is 14.1 Å². The molecule has 0 saturated carbocycles. The average molecular weight is 296 g/mol. The number of rotatable bonds is 7. The minimum absolute atomic E-state index is 0.0980. The Morgan fingerprint density at radius 3 is 2.52 bits per heavy atom. The van der Waals surface area contributed by atoms with Gasteiger partial charge in [-0.3, -0.25) is 9.59 Å². The predicted octanol–water partition coefficient (Wildman–Crippen LogP) is 0.930. The molecule has 7 heteroatoms. The first-order valence-electron chi connectivity index (χ1n) is 7.10. The maximum absolute atomic E-state index is 12.4. The molecule has 1 rings (SSSR count). The van der Waals surface area contributed by atoms with Crippen molar-refractivity contribution in [3.05, 3.63) is 11.7 Å². The summed E-state index contributed by atoms with van der Waals surface area (Å²) in [5, 5.41) is 6.51. The number of carbonyl (C=O) groups is 2. The third kappa shape index (κ3) is 5.93. The van der Waals surface area contributed by atoms with Gasteiger partial charge in [0, 0.05) is 33.9 Å². The minimum Gasteiger partial charge on any atom is -0.345 e. The van der Waals surface area contributed by atoms with Crippen LogP contribution in [0, 0.1) is 12.8 Å². The quantitative estimate of drug-likeness (QED) is 0.808. The van der Waals surface area contributed by atoms with Crippen molar-refractivity contribution in [2.75, 3.05) is 13.6 Å². The zero-order chi connectivity index (χ0) is 16.0. The van der Waals surface area contributed by atoms with Gasteiger partial charge in [0.05, 0.1) is 0 Å². The number of hydrogen-bond donors (Lipinski definition) is 1. The van der Waals surface area contributed by atoms with Crippen LogP contribution in [0.5, 0.6) is 0 Å².